The van der Waals surface area contributed by atoms with Gasteiger partial charge in [-0.2, -0.15) is 0 Å². The first-order chi connectivity index (χ1) is 19.8. The van der Waals surface area contributed by atoms with Crippen LogP contribution in [0.3, 0.4) is 0 Å². The predicted octanol–water partition coefficient (Wildman–Crippen LogP) is 1.86. The van der Waals surface area contributed by atoms with Gasteiger partial charge >= 0.3 is 5.97 Å². The largest absolute Gasteiger partial charge is 0.505 e. The van der Waals surface area contributed by atoms with Crippen LogP contribution in [0, 0.1) is 0 Å². The van der Waals surface area contributed by atoms with Gasteiger partial charge in [0.1, 0.15) is 17.4 Å². The van der Waals surface area contributed by atoms with E-state index < -0.39 is 34.5 Å². The minimum absolute atomic E-state index is 0.0120. The van der Waals surface area contributed by atoms with Crippen LogP contribution in [0.1, 0.15) is 41.7 Å². The maximum atomic E-state index is 13.5. The Kier molecular flexibility index (Phi) is 7.90. The number of hydrogen-bond acceptors (Lipinski definition) is 10. The standard InChI is InChI=1S/C29H32N6O6/c1-2-19(17-8-4-3-5-9-17)32-22-23(26(38)25(22)37)33-20-11-6-10-18(24(20)36)27(39)35-15-14-34(16-21(35)28(40)41)29-30-12-7-13-31-29/h3-6,8-11,19,21,32-33,36H,2,7,12-16H2,1H3,(H,30,31)(H,40,41)/t19-,21?/m1/s1. The molecule has 0 spiro atoms. The van der Waals surface area contributed by atoms with Crippen LogP contribution in [0.5, 0.6) is 5.75 Å². The Balaban J connectivity index is 1.36. The van der Waals surface area contributed by atoms with Crippen molar-refractivity contribution in [3.8, 4) is 5.75 Å². The van der Waals surface area contributed by atoms with Crippen LogP contribution in [0.25, 0.3) is 0 Å². The van der Waals surface area contributed by atoms with Gasteiger partial charge in [-0.25, -0.2) is 4.79 Å². The van der Waals surface area contributed by atoms with E-state index in [-0.39, 0.29) is 41.8 Å². The minimum atomic E-state index is -1.17. The van der Waals surface area contributed by atoms with Gasteiger partial charge in [0.15, 0.2) is 11.7 Å². The first kappa shape index (κ1) is 27.7. The van der Waals surface area contributed by atoms with Gasteiger partial charge in [0.05, 0.1) is 23.8 Å². The molecule has 0 saturated carbocycles. The van der Waals surface area contributed by atoms with E-state index >= 15 is 0 Å². The minimum Gasteiger partial charge on any atom is -0.505 e. The number of carbonyl (C=O) groups is 2. The number of aromatic hydroxyl groups is 1. The topological polar surface area (TPSA) is 164 Å². The fraction of sp³-hybridized carbons (Fsp3) is 0.345. The summed E-state index contributed by atoms with van der Waals surface area (Å²) in [4.78, 5) is 58.1. The number of benzene rings is 2. The summed E-state index contributed by atoms with van der Waals surface area (Å²) in [6.07, 6.45) is 1.55. The van der Waals surface area contributed by atoms with E-state index in [4.69, 9.17) is 0 Å². The van der Waals surface area contributed by atoms with Crippen molar-refractivity contribution >= 4 is 34.9 Å². The van der Waals surface area contributed by atoms with E-state index in [2.05, 4.69) is 20.9 Å². The number of carboxylic acids is 1. The SMILES string of the molecule is CC[C@@H](Nc1c(Nc2cccc(C(=O)N3CCN(C4=NCCCN4)CC3C(=O)O)c2O)c(=O)c1=O)c1ccccc1. The van der Waals surface area contributed by atoms with Crippen molar-refractivity contribution in [1.29, 1.82) is 0 Å². The summed E-state index contributed by atoms with van der Waals surface area (Å²) >= 11 is 0. The summed E-state index contributed by atoms with van der Waals surface area (Å²) in [6, 6.07) is 12.5. The molecule has 0 radical (unpaired) electrons. The third-order valence-electron chi connectivity index (χ3n) is 7.47. The fourth-order valence-corrected chi connectivity index (χ4v) is 5.20. The van der Waals surface area contributed by atoms with Gasteiger partial charge in [-0.1, -0.05) is 43.3 Å². The number of aliphatic imine (C=N–C) groups is 1. The first-order valence-corrected chi connectivity index (χ1v) is 13.6. The number of phenols is 1. The number of piperazine rings is 1. The Morgan fingerprint density at radius 3 is 2.51 bits per heavy atom. The smallest absolute Gasteiger partial charge is 0.328 e. The zero-order valence-electron chi connectivity index (χ0n) is 22.6. The molecule has 0 bridgehead atoms. The van der Waals surface area contributed by atoms with Crippen molar-refractivity contribution in [2.75, 3.05) is 43.4 Å². The van der Waals surface area contributed by atoms with E-state index in [1.54, 1.807) is 0 Å². The average Bonchev–Trinajstić information content (AvgIpc) is 3.01. The van der Waals surface area contributed by atoms with E-state index in [9.17, 15) is 29.4 Å². The molecule has 2 aliphatic rings. The highest BCUT2D eigenvalue weighted by Crippen LogP contribution is 2.34. The zero-order chi connectivity index (χ0) is 29.1. The summed E-state index contributed by atoms with van der Waals surface area (Å²) in [5, 5.41) is 30.1. The number of carboxylic acid groups (broad SMARTS) is 1. The molecular formula is C29H32N6O6. The van der Waals surface area contributed by atoms with Gasteiger partial charge in [0.25, 0.3) is 16.8 Å². The number of amides is 1. The Labute approximate surface area is 236 Å². The normalized spacial score (nSPS) is 17.9. The maximum Gasteiger partial charge on any atom is 0.328 e. The lowest BCUT2D eigenvalue weighted by Crippen LogP contribution is -2.61. The number of anilines is 3. The summed E-state index contributed by atoms with van der Waals surface area (Å²) in [5.74, 6) is -1.65. The molecule has 12 nitrogen and oxygen atoms in total. The van der Waals surface area contributed by atoms with Crippen LogP contribution in [0.15, 0.2) is 63.1 Å². The third-order valence-corrected chi connectivity index (χ3v) is 7.47. The molecule has 214 valence electrons. The number of phenolic OH excluding ortho intramolecular Hbond substituents is 1. The zero-order valence-corrected chi connectivity index (χ0v) is 22.6. The van der Waals surface area contributed by atoms with Gasteiger partial charge in [-0.15, -0.1) is 0 Å². The molecule has 41 heavy (non-hydrogen) atoms. The van der Waals surface area contributed by atoms with Crippen LogP contribution < -0.4 is 26.8 Å². The third kappa shape index (κ3) is 5.45. The summed E-state index contributed by atoms with van der Waals surface area (Å²) < 4.78 is 0. The van der Waals surface area contributed by atoms with Crippen LogP contribution in [0.4, 0.5) is 17.1 Å². The van der Waals surface area contributed by atoms with E-state index in [1.165, 1.54) is 23.1 Å². The highest BCUT2D eigenvalue weighted by molar-refractivity contribution is 6.01. The summed E-state index contributed by atoms with van der Waals surface area (Å²) in [7, 11) is 0. The average molecular weight is 561 g/mol. The molecule has 12 heteroatoms. The second-order valence-electron chi connectivity index (χ2n) is 10.0. The number of carbonyl (C=O) groups excluding carboxylic acids is 1. The van der Waals surface area contributed by atoms with E-state index in [0.29, 0.717) is 25.5 Å². The lowest BCUT2D eigenvalue weighted by molar-refractivity contribution is -0.143. The van der Waals surface area contributed by atoms with Crippen molar-refractivity contribution in [3.63, 3.8) is 0 Å². The van der Waals surface area contributed by atoms with Crippen LogP contribution in [-0.2, 0) is 4.79 Å². The van der Waals surface area contributed by atoms with Gasteiger partial charge in [0, 0.05) is 26.2 Å². The molecule has 2 heterocycles. The number of rotatable bonds is 8. The lowest BCUT2D eigenvalue weighted by atomic mass is 10.0. The number of para-hydroxylation sites is 1. The molecule has 1 amide bonds. The molecule has 5 N–H and O–H groups in total. The van der Waals surface area contributed by atoms with E-state index in [0.717, 1.165) is 18.5 Å². The second kappa shape index (κ2) is 11.7. The maximum absolute atomic E-state index is 13.5. The molecule has 2 atom stereocenters. The van der Waals surface area contributed by atoms with Crippen LogP contribution >= 0.6 is 0 Å². The Morgan fingerprint density at radius 2 is 1.83 bits per heavy atom. The molecule has 1 saturated heterocycles. The Hall–Kier alpha value is -4.87. The van der Waals surface area contributed by atoms with Crippen molar-refractivity contribution < 1.29 is 19.8 Å². The number of aliphatic carboxylic acids is 1. The molecule has 1 fully saturated rings. The molecule has 5 rings (SSSR count). The molecule has 0 aromatic heterocycles. The monoisotopic (exact) mass is 560 g/mol. The van der Waals surface area contributed by atoms with Gasteiger partial charge in [0.2, 0.25) is 0 Å². The molecule has 3 aromatic rings. The molecule has 2 aliphatic heterocycles. The van der Waals surface area contributed by atoms with Gasteiger partial charge < -0.3 is 36.0 Å². The fourth-order valence-electron chi connectivity index (χ4n) is 5.20. The summed E-state index contributed by atoms with van der Waals surface area (Å²) in [6.45, 7) is 3.88. The highest BCUT2D eigenvalue weighted by Gasteiger charge is 2.38. The number of guanidine groups is 1. The second-order valence-corrected chi connectivity index (χ2v) is 10.0. The molecule has 0 aliphatic carbocycles. The molecule has 1 unspecified atom stereocenters. The van der Waals surface area contributed by atoms with Gasteiger partial charge in [-0.3, -0.25) is 19.4 Å². The van der Waals surface area contributed by atoms with Crippen LogP contribution in [0.2, 0.25) is 0 Å². The lowest BCUT2D eigenvalue weighted by Gasteiger charge is -2.41. The van der Waals surface area contributed by atoms with Crippen LogP contribution in [-0.4, -0.2) is 76.6 Å². The Morgan fingerprint density at radius 1 is 1.07 bits per heavy atom. The molecular weight excluding hydrogens is 528 g/mol. The highest BCUT2D eigenvalue weighted by atomic mass is 16.4. The summed E-state index contributed by atoms with van der Waals surface area (Å²) in [5.41, 5.74) is -0.452. The Bertz CT molecular complexity index is 1550. The van der Waals surface area contributed by atoms with Crippen molar-refractivity contribution in [2.45, 2.75) is 31.8 Å². The van der Waals surface area contributed by atoms with Crippen molar-refractivity contribution in [2.24, 2.45) is 4.99 Å². The number of nitrogens with one attached hydrogen (secondary N) is 3. The first-order valence-electron chi connectivity index (χ1n) is 13.6. The quantitative estimate of drug-likeness (QED) is 0.203. The van der Waals surface area contributed by atoms with Crippen molar-refractivity contribution in [3.05, 3.63) is 80.1 Å². The number of nitrogens with zero attached hydrogens (tertiary/aromatic N) is 3. The van der Waals surface area contributed by atoms with Gasteiger partial charge in [-0.05, 0) is 30.5 Å². The predicted molar refractivity (Wildman–Crippen MR) is 155 cm³/mol. The van der Waals surface area contributed by atoms with E-state index in [1.807, 2.05) is 42.2 Å². The molecule has 3 aromatic carbocycles. The van der Waals surface area contributed by atoms with Crippen molar-refractivity contribution in [1.82, 2.24) is 15.1 Å². The number of hydrogen-bond donors (Lipinski definition) is 5.